The minimum absolute atomic E-state index is 0.0596. The highest BCUT2D eigenvalue weighted by Crippen LogP contribution is 2.42. The number of hydrogen-bond donors (Lipinski definition) is 1. The maximum atomic E-state index is 9.39. The molecule has 0 aromatic heterocycles. The molecule has 2 aliphatic rings. The van der Waals surface area contributed by atoms with Gasteiger partial charge in [0.15, 0.2) is 0 Å². The van der Waals surface area contributed by atoms with Crippen LogP contribution in [0.5, 0.6) is 0 Å². The Labute approximate surface area is 189 Å². The lowest BCUT2D eigenvalue weighted by molar-refractivity contribution is 0.00578. The van der Waals surface area contributed by atoms with Crippen LogP contribution in [-0.2, 0) is 25.2 Å². The Morgan fingerprint density at radius 3 is 1.65 bits per heavy atom. The number of benzene rings is 1. The summed E-state index contributed by atoms with van der Waals surface area (Å²) in [5, 5.41) is 9.39. The van der Waals surface area contributed by atoms with E-state index < -0.39 is 0 Å². The third-order valence-corrected chi connectivity index (χ3v) is 7.71. The van der Waals surface area contributed by atoms with Crippen LogP contribution in [0.1, 0.15) is 85.3 Å². The van der Waals surface area contributed by atoms with Crippen molar-refractivity contribution in [3.8, 4) is 0 Å². The van der Waals surface area contributed by atoms with Gasteiger partial charge in [0.25, 0.3) is 0 Å². The zero-order valence-electron chi connectivity index (χ0n) is 20.7. The smallest absolute Gasteiger partial charge is 0.403 e. The van der Waals surface area contributed by atoms with E-state index in [9.17, 15) is 5.11 Å². The first kappa shape index (κ1) is 24.8. The van der Waals surface area contributed by atoms with E-state index in [1.54, 1.807) is 0 Å². The predicted octanol–water partition coefficient (Wildman–Crippen LogP) is 5.23. The van der Waals surface area contributed by atoms with Crippen molar-refractivity contribution in [2.45, 2.75) is 116 Å². The summed E-state index contributed by atoms with van der Waals surface area (Å²) in [6.45, 7) is 16.8. The average Bonchev–Trinajstić information content (AvgIpc) is 2.99. The fourth-order valence-electron chi connectivity index (χ4n) is 4.22. The van der Waals surface area contributed by atoms with Crippen LogP contribution in [0.2, 0.25) is 12.6 Å². The normalized spacial score (nSPS) is 24.5. The van der Waals surface area contributed by atoms with Crippen LogP contribution in [0.4, 0.5) is 0 Å². The molecule has 0 aliphatic carbocycles. The molecule has 0 radical (unpaired) electrons. The molecule has 0 bridgehead atoms. The Bertz CT molecular complexity index is 713. The third kappa shape index (κ3) is 5.39. The zero-order chi connectivity index (χ0) is 23.1. The highest BCUT2D eigenvalue weighted by Gasteiger charge is 2.52. The van der Waals surface area contributed by atoms with Gasteiger partial charge in [-0.15, -0.1) is 0 Å². The molecule has 1 aromatic carbocycles. The van der Waals surface area contributed by atoms with Gasteiger partial charge in [0, 0.05) is 0 Å². The molecule has 31 heavy (non-hydrogen) atoms. The van der Waals surface area contributed by atoms with E-state index in [1.807, 2.05) is 12.1 Å². The number of rotatable bonds is 8. The highest BCUT2D eigenvalue weighted by atomic mass is 16.7. The molecule has 2 saturated heterocycles. The molecule has 3 rings (SSSR count). The summed E-state index contributed by atoms with van der Waals surface area (Å²) in [4.78, 5) is 0. The van der Waals surface area contributed by atoms with Gasteiger partial charge in [-0.05, 0) is 91.5 Å². The molecule has 172 valence electrons. The maximum absolute atomic E-state index is 9.39. The molecule has 0 amide bonds. The van der Waals surface area contributed by atoms with Gasteiger partial charge in [0.2, 0.25) is 0 Å². The van der Waals surface area contributed by atoms with Crippen molar-refractivity contribution in [2.75, 3.05) is 0 Å². The van der Waals surface area contributed by atoms with Gasteiger partial charge in [0.1, 0.15) is 0 Å². The van der Waals surface area contributed by atoms with E-state index in [1.165, 1.54) is 5.56 Å². The van der Waals surface area contributed by atoms with Crippen LogP contribution in [0.15, 0.2) is 24.3 Å². The molecule has 2 aliphatic heterocycles. The van der Waals surface area contributed by atoms with Gasteiger partial charge >= 0.3 is 14.2 Å². The largest absolute Gasteiger partial charge is 0.458 e. The monoisotopic (exact) mass is 430 g/mol. The second-order valence-corrected chi connectivity index (χ2v) is 11.1. The second kappa shape index (κ2) is 8.83. The molecule has 0 saturated carbocycles. The van der Waals surface area contributed by atoms with Crippen molar-refractivity contribution < 1.29 is 23.7 Å². The summed E-state index contributed by atoms with van der Waals surface area (Å²) in [6, 6.07) is 8.24. The summed E-state index contributed by atoms with van der Waals surface area (Å²) in [6.07, 6.45) is 3.64. The number of aliphatic hydroxyl groups is 1. The Morgan fingerprint density at radius 1 is 0.742 bits per heavy atom. The van der Waals surface area contributed by atoms with Crippen LogP contribution >= 0.6 is 0 Å². The molecular formula is C24H40B2O5. The minimum atomic E-state index is -0.328. The second-order valence-electron chi connectivity index (χ2n) is 11.1. The fourth-order valence-corrected chi connectivity index (χ4v) is 4.22. The van der Waals surface area contributed by atoms with Gasteiger partial charge in [-0.3, -0.25) is 0 Å². The summed E-state index contributed by atoms with van der Waals surface area (Å²) >= 11 is 0. The summed E-state index contributed by atoms with van der Waals surface area (Å²) in [5.74, 6) is 0.296. The Morgan fingerprint density at radius 2 is 1.19 bits per heavy atom. The van der Waals surface area contributed by atoms with Crippen molar-refractivity contribution >= 4 is 14.2 Å². The minimum Gasteiger partial charge on any atom is -0.403 e. The first-order valence-electron chi connectivity index (χ1n) is 11.7. The predicted molar refractivity (Wildman–Crippen MR) is 126 cm³/mol. The van der Waals surface area contributed by atoms with Crippen LogP contribution in [0, 0.1) is 0 Å². The molecule has 5 nitrogen and oxygen atoms in total. The van der Waals surface area contributed by atoms with Crippen molar-refractivity contribution in [1.29, 1.82) is 0 Å². The van der Waals surface area contributed by atoms with E-state index >= 15 is 0 Å². The third-order valence-electron chi connectivity index (χ3n) is 7.71. The highest BCUT2D eigenvalue weighted by molar-refractivity contribution is 6.46. The number of aliphatic hydroxyl groups excluding tert-OH is 1. The Kier molecular flexibility index (Phi) is 7.06. The van der Waals surface area contributed by atoms with Crippen LogP contribution in [-0.4, -0.2) is 41.7 Å². The van der Waals surface area contributed by atoms with Crippen molar-refractivity contribution in [3.63, 3.8) is 0 Å². The number of hydrogen-bond acceptors (Lipinski definition) is 5. The van der Waals surface area contributed by atoms with E-state index in [0.717, 1.165) is 31.0 Å². The SMILES string of the molecule is CC1(C)OB(CCCC(CB2OC(C)(C)C(C)(C)O2)c2ccc(CO)cc2)OC1(C)C. The molecule has 7 heteroatoms. The summed E-state index contributed by atoms with van der Waals surface area (Å²) in [7, 11) is -0.399. The lowest BCUT2D eigenvalue weighted by atomic mass is 9.71. The first-order chi connectivity index (χ1) is 14.3. The quantitative estimate of drug-likeness (QED) is 0.573. The van der Waals surface area contributed by atoms with Crippen molar-refractivity contribution in [3.05, 3.63) is 35.4 Å². The molecule has 1 N–H and O–H groups in total. The molecular weight excluding hydrogens is 390 g/mol. The van der Waals surface area contributed by atoms with Gasteiger partial charge < -0.3 is 23.7 Å². The maximum Gasteiger partial charge on any atom is 0.458 e. The topological polar surface area (TPSA) is 57.2 Å². The van der Waals surface area contributed by atoms with E-state index in [4.69, 9.17) is 18.6 Å². The zero-order valence-corrected chi connectivity index (χ0v) is 20.7. The van der Waals surface area contributed by atoms with E-state index in [0.29, 0.717) is 5.92 Å². The molecule has 2 heterocycles. The molecule has 2 fully saturated rings. The average molecular weight is 430 g/mol. The van der Waals surface area contributed by atoms with Gasteiger partial charge in [-0.1, -0.05) is 30.7 Å². The lowest BCUT2D eigenvalue weighted by Crippen LogP contribution is -2.41. The first-order valence-corrected chi connectivity index (χ1v) is 11.7. The van der Waals surface area contributed by atoms with Gasteiger partial charge in [0.05, 0.1) is 29.0 Å². The molecule has 0 spiro atoms. The van der Waals surface area contributed by atoms with Gasteiger partial charge in [-0.25, -0.2) is 0 Å². The molecule has 1 atom stereocenters. The van der Waals surface area contributed by atoms with Gasteiger partial charge in [-0.2, -0.15) is 0 Å². The Balaban J connectivity index is 1.65. The lowest BCUT2D eigenvalue weighted by Gasteiger charge is -2.32. The van der Waals surface area contributed by atoms with Crippen LogP contribution < -0.4 is 0 Å². The Hall–Kier alpha value is -0.850. The summed E-state index contributed by atoms with van der Waals surface area (Å²) < 4.78 is 24.9. The summed E-state index contributed by atoms with van der Waals surface area (Å²) in [5.41, 5.74) is 0.938. The standard InChI is InChI=1S/C24H40B2O5/c1-21(2)22(3,4)29-25(28-21)15-9-10-20(19-13-11-18(17-27)12-14-19)16-26-30-23(5,6)24(7,8)31-26/h11-14,20,27H,9-10,15-17H2,1-8H3. The van der Waals surface area contributed by atoms with E-state index in [2.05, 4.69) is 67.5 Å². The fraction of sp³-hybridized carbons (Fsp3) is 0.750. The van der Waals surface area contributed by atoms with Crippen molar-refractivity contribution in [2.24, 2.45) is 0 Å². The van der Waals surface area contributed by atoms with Crippen LogP contribution in [0.25, 0.3) is 0 Å². The van der Waals surface area contributed by atoms with Crippen molar-refractivity contribution in [1.82, 2.24) is 0 Å². The molecule has 1 aromatic rings. The molecule has 1 unspecified atom stereocenters. The van der Waals surface area contributed by atoms with E-state index in [-0.39, 0.29) is 43.2 Å². The van der Waals surface area contributed by atoms with Crippen LogP contribution in [0.3, 0.4) is 0 Å².